The standard InChI is InChI=1S/C19H22N2O5S/c1-4-13(2)20-18(22)14-8-10-17(11-9-14)27(24,25)21-16-7-5-6-15(12-16)19(23)26-3/h5-13,21H,4H2,1-3H3,(H,20,22). The molecule has 1 amide bonds. The van der Waals surface area contributed by atoms with Crippen LogP contribution in [0.25, 0.3) is 0 Å². The van der Waals surface area contributed by atoms with Crippen molar-refractivity contribution in [2.75, 3.05) is 11.8 Å². The second-order valence-corrected chi connectivity index (χ2v) is 7.67. The van der Waals surface area contributed by atoms with Gasteiger partial charge in [0.2, 0.25) is 0 Å². The van der Waals surface area contributed by atoms with Gasteiger partial charge in [0.1, 0.15) is 0 Å². The molecule has 0 saturated heterocycles. The van der Waals surface area contributed by atoms with Crippen LogP contribution >= 0.6 is 0 Å². The van der Waals surface area contributed by atoms with Gasteiger partial charge in [0.25, 0.3) is 15.9 Å². The molecule has 1 unspecified atom stereocenters. The van der Waals surface area contributed by atoms with Crippen LogP contribution < -0.4 is 10.0 Å². The number of carbonyl (C=O) groups excluding carboxylic acids is 2. The van der Waals surface area contributed by atoms with E-state index < -0.39 is 16.0 Å². The zero-order valence-electron chi connectivity index (χ0n) is 15.4. The Morgan fingerprint density at radius 1 is 1.07 bits per heavy atom. The minimum Gasteiger partial charge on any atom is -0.465 e. The highest BCUT2D eigenvalue weighted by Crippen LogP contribution is 2.18. The van der Waals surface area contributed by atoms with Crippen molar-refractivity contribution in [1.29, 1.82) is 0 Å². The lowest BCUT2D eigenvalue weighted by Gasteiger charge is -2.12. The minimum absolute atomic E-state index is 0.00561. The first-order valence-electron chi connectivity index (χ1n) is 8.39. The van der Waals surface area contributed by atoms with Crippen molar-refractivity contribution in [3.05, 3.63) is 59.7 Å². The van der Waals surface area contributed by atoms with Crippen molar-refractivity contribution in [2.45, 2.75) is 31.2 Å². The van der Waals surface area contributed by atoms with E-state index in [0.29, 0.717) is 5.56 Å². The van der Waals surface area contributed by atoms with E-state index in [1.54, 1.807) is 6.07 Å². The number of esters is 1. The van der Waals surface area contributed by atoms with Crippen molar-refractivity contribution in [2.24, 2.45) is 0 Å². The number of carbonyl (C=O) groups is 2. The van der Waals surface area contributed by atoms with Gasteiger partial charge in [-0.2, -0.15) is 0 Å². The summed E-state index contributed by atoms with van der Waals surface area (Å²) in [5.41, 5.74) is 0.841. The van der Waals surface area contributed by atoms with Crippen molar-refractivity contribution in [3.63, 3.8) is 0 Å². The number of hydrogen-bond acceptors (Lipinski definition) is 5. The molecule has 0 aliphatic carbocycles. The maximum absolute atomic E-state index is 12.5. The third-order valence-electron chi connectivity index (χ3n) is 3.95. The number of amides is 1. The number of ether oxygens (including phenoxy) is 1. The number of rotatable bonds is 7. The molecule has 27 heavy (non-hydrogen) atoms. The Morgan fingerprint density at radius 3 is 2.33 bits per heavy atom. The molecule has 2 rings (SSSR count). The van der Waals surface area contributed by atoms with Crippen LogP contribution in [0.15, 0.2) is 53.4 Å². The Balaban J connectivity index is 2.17. The van der Waals surface area contributed by atoms with Crippen molar-refractivity contribution >= 4 is 27.6 Å². The molecule has 0 aromatic heterocycles. The first kappa shape index (κ1) is 20.4. The fraction of sp³-hybridized carbons (Fsp3) is 0.263. The van der Waals surface area contributed by atoms with Gasteiger partial charge in [-0.1, -0.05) is 13.0 Å². The van der Waals surface area contributed by atoms with Gasteiger partial charge in [0.05, 0.1) is 17.6 Å². The summed E-state index contributed by atoms with van der Waals surface area (Å²) < 4.78 is 32.1. The molecule has 0 saturated carbocycles. The Bertz CT molecular complexity index is 923. The lowest BCUT2D eigenvalue weighted by atomic mass is 10.2. The van der Waals surface area contributed by atoms with Crippen LogP contribution in [0.3, 0.4) is 0 Å². The molecule has 0 bridgehead atoms. The van der Waals surface area contributed by atoms with Gasteiger partial charge >= 0.3 is 5.97 Å². The third-order valence-corrected chi connectivity index (χ3v) is 5.35. The van der Waals surface area contributed by atoms with Gasteiger partial charge in [0.15, 0.2) is 0 Å². The normalized spacial score (nSPS) is 12.1. The number of anilines is 1. The van der Waals surface area contributed by atoms with Gasteiger partial charge in [0, 0.05) is 17.3 Å². The zero-order chi connectivity index (χ0) is 20.0. The minimum atomic E-state index is -3.87. The van der Waals surface area contributed by atoms with Gasteiger partial charge in [-0.25, -0.2) is 13.2 Å². The van der Waals surface area contributed by atoms with Crippen LogP contribution in [0.4, 0.5) is 5.69 Å². The van der Waals surface area contributed by atoms with Crippen LogP contribution in [0, 0.1) is 0 Å². The average Bonchev–Trinajstić information content (AvgIpc) is 2.67. The largest absolute Gasteiger partial charge is 0.465 e. The molecule has 0 aliphatic rings. The van der Waals surface area contributed by atoms with Gasteiger partial charge in [-0.15, -0.1) is 0 Å². The highest BCUT2D eigenvalue weighted by atomic mass is 32.2. The smallest absolute Gasteiger partial charge is 0.337 e. The van der Waals surface area contributed by atoms with Crippen LogP contribution in [-0.4, -0.2) is 33.4 Å². The quantitative estimate of drug-likeness (QED) is 0.708. The second-order valence-electron chi connectivity index (χ2n) is 5.99. The molecular formula is C19H22N2O5S. The lowest BCUT2D eigenvalue weighted by molar-refractivity contribution is 0.0600. The Morgan fingerprint density at radius 2 is 1.74 bits per heavy atom. The summed E-state index contributed by atoms with van der Waals surface area (Å²) in [5.74, 6) is -0.820. The Labute approximate surface area is 158 Å². The van der Waals surface area contributed by atoms with E-state index in [9.17, 15) is 18.0 Å². The summed E-state index contributed by atoms with van der Waals surface area (Å²) in [7, 11) is -2.62. The summed E-state index contributed by atoms with van der Waals surface area (Å²) in [5, 5.41) is 2.82. The second kappa shape index (κ2) is 8.68. The highest BCUT2D eigenvalue weighted by Gasteiger charge is 2.16. The predicted octanol–water partition coefficient (Wildman–Crippen LogP) is 2.80. The molecule has 0 heterocycles. The number of methoxy groups -OCH3 is 1. The monoisotopic (exact) mass is 390 g/mol. The van der Waals surface area contributed by atoms with E-state index in [4.69, 9.17) is 0 Å². The van der Waals surface area contributed by atoms with Crippen LogP contribution in [0.2, 0.25) is 0 Å². The maximum Gasteiger partial charge on any atom is 0.337 e. The van der Waals surface area contributed by atoms with E-state index in [0.717, 1.165) is 6.42 Å². The van der Waals surface area contributed by atoms with E-state index >= 15 is 0 Å². The molecule has 2 aromatic rings. The molecule has 0 aliphatic heterocycles. The predicted molar refractivity (Wildman–Crippen MR) is 102 cm³/mol. The summed E-state index contributed by atoms with van der Waals surface area (Å²) in [6, 6.07) is 11.6. The average molecular weight is 390 g/mol. The fourth-order valence-corrected chi connectivity index (χ4v) is 3.29. The molecule has 0 spiro atoms. The maximum atomic E-state index is 12.5. The van der Waals surface area contributed by atoms with E-state index in [1.165, 1.54) is 49.6 Å². The molecule has 8 heteroatoms. The topological polar surface area (TPSA) is 102 Å². The van der Waals surface area contributed by atoms with E-state index in [2.05, 4.69) is 14.8 Å². The molecule has 2 N–H and O–H groups in total. The molecule has 1 atom stereocenters. The van der Waals surface area contributed by atoms with Crippen molar-refractivity contribution in [3.8, 4) is 0 Å². The molecule has 7 nitrogen and oxygen atoms in total. The highest BCUT2D eigenvalue weighted by molar-refractivity contribution is 7.92. The van der Waals surface area contributed by atoms with Crippen LogP contribution in [0.1, 0.15) is 41.0 Å². The lowest BCUT2D eigenvalue weighted by Crippen LogP contribution is -2.31. The molecule has 144 valence electrons. The molecular weight excluding hydrogens is 368 g/mol. The first-order chi connectivity index (χ1) is 12.8. The molecule has 2 aromatic carbocycles. The van der Waals surface area contributed by atoms with Crippen LogP contribution in [0.5, 0.6) is 0 Å². The van der Waals surface area contributed by atoms with Gasteiger partial charge < -0.3 is 10.1 Å². The summed E-state index contributed by atoms with van der Waals surface area (Å²) in [6.07, 6.45) is 0.798. The number of benzene rings is 2. The van der Waals surface area contributed by atoms with E-state index in [1.807, 2.05) is 13.8 Å². The fourth-order valence-electron chi connectivity index (χ4n) is 2.24. The Hall–Kier alpha value is -2.87. The number of nitrogens with one attached hydrogen (secondary N) is 2. The van der Waals surface area contributed by atoms with Crippen LogP contribution in [-0.2, 0) is 14.8 Å². The molecule has 0 radical (unpaired) electrons. The third kappa shape index (κ3) is 5.30. The van der Waals surface area contributed by atoms with Crippen molar-refractivity contribution in [1.82, 2.24) is 5.32 Å². The Kier molecular flexibility index (Phi) is 6.57. The number of sulfonamides is 1. The SMILES string of the molecule is CCC(C)NC(=O)c1ccc(S(=O)(=O)Nc2cccc(C(=O)OC)c2)cc1. The van der Waals surface area contributed by atoms with Gasteiger partial charge in [-0.3, -0.25) is 9.52 Å². The molecule has 0 fully saturated rings. The van der Waals surface area contributed by atoms with Crippen molar-refractivity contribution < 1.29 is 22.7 Å². The summed E-state index contributed by atoms with van der Waals surface area (Å²) >= 11 is 0. The van der Waals surface area contributed by atoms with E-state index in [-0.39, 0.29) is 28.1 Å². The first-order valence-corrected chi connectivity index (χ1v) is 9.87. The summed E-state index contributed by atoms with van der Waals surface area (Å²) in [4.78, 5) is 23.6. The number of hydrogen-bond donors (Lipinski definition) is 2. The zero-order valence-corrected chi connectivity index (χ0v) is 16.2. The van der Waals surface area contributed by atoms with Gasteiger partial charge in [-0.05, 0) is 55.8 Å². The summed E-state index contributed by atoms with van der Waals surface area (Å²) in [6.45, 7) is 3.85.